The molecule has 2 saturated carbocycles. The zero-order valence-corrected chi connectivity index (χ0v) is 8.54. The maximum atomic E-state index is 13.0. The van der Waals surface area contributed by atoms with Crippen molar-refractivity contribution in [3.63, 3.8) is 0 Å². The third-order valence-electron chi connectivity index (χ3n) is 3.74. The van der Waals surface area contributed by atoms with Gasteiger partial charge in [-0.25, -0.2) is 4.39 Å². The fourth-order valence-electron chi connectivity index (χ4n) is 3.15. The van der Waals surface area contributed by atoms with Gasteiger partial charge in [0.05, 0.1) is 7.11 Å². The van der Waals surface area contributed by atoms with Crippen LogP contribution in [0.2, 0.25) is 0 Å². The van der Waals surface area contributed by atoms with E-state index in [1.165, 1.54) is 7.11 Å². The summed E-state index contributed by atoms with van der Waals surface area (Å²) in [5, 5.41) is 0. The predicted molar refractivity (Wildman–Crippen MR) is 50.5 cm³/mol. The molecule has 0 amide bonds. The lowest BCUT2D eigenvalue weighted by Crippen LogP contribution is -2.08. The fraction of sp³-hybridized carbons (Fsp3) is 0.909. The minimum Gasteiger partial charge on any atom is -0.469 e. The summed E-state index contributed by atoms with van der Waals surface area (Å²) in [4.78, 5) is 11.1. The Kier molecular flexibility index (Phi) is 2.75. The SMILES string of the molecule is COC(=O)CC1CC2CC(F)CC2C1. The molecular weight excluding hydrogens is 183 g/mol. The molecule has 3 heteroatoms. The number of halogens is 1. The molecule has 0 aromatic carbocycles. The van der Waals surface area contributed by atoms with E-state index < -0.39 is 6.17 Å². The standard InChI is InChI=1S/C11H17FO2/c1-14-11(13)4-7-2-8-5-10(12)6-9(8)3-7/h7-10H,2-6H2,1H3. The Labute approximate surface area is 83.8 Å². The molecule has 0 aliphatic heterocycles. The number of ether oxygens (including phenoxy) is 1. The number of carbonyl (C=O) groups is 1. The highest BCUT2D eigenvalue weighted by Crippen LogP contribution is 2.48. The van der Waals surface area contributed by atoms with Gasteiger partial charge in [0.2, 0.25) is 0 Å². The minimum atomic E-state index is -0.580. The van der Waals surface area contributed by atoms with Gasteiger partial charge in [-0.1, -0.05) is 0 Å². The van der Waals surface area contributed by atoms with E-state index in [0.717, 1.165) is 25.7 Å². The van der Waals surface area contributed by atoms with Crippen LogP contribution in [-0.2, 0) is 9.53 Å². The quantitative estimate of drug-likeness (QED) is 0.639. The van der Waals surface area contributed by atoms with Crippen molar-refractivity contribution in [1.29, 1.82) is 0 Å². The molecule has 0 saturated heterocycles. The lowest BCUT2D eigenvalue weighted by atomic mass is 10.00. The first-order valence-corrected chi connectivity index (χ1v) is 5.40. The number of methoxy groups -OCH3 is 1. The van der Waals surface area contributed by atoms with Crippen molar-refractivity contribution < 1.29 is 13.9 Å². The van der Waals surface area contributed by atoms with E-state index in [0.29, 0.717) is 24.2 Å². The maximum Gasteiger partial charge on any atom is 0.305 e. The number of alkyl halides is 1. The zero-order valence-electron chi connectivity index (χ0n) is 8.54. The average molecular weight is 200 g/mol. The second kappa shape index (κ2) is 3.87. The molecule has 0 N–H and O–H groups in total. The first-order chi connectivity index (χ1) is 6.69. The molecule has 0 heterocycles. The van der Waals surface area contributed by atoms with Gasteiger partial charge in [-0.2, -0.15) is 0 Å². The topological polar surface area (TPSA) is 26.3 Å². The molecule has 14 heavy (non-hydrogen) atoms. The van der Waals surface area contributed by atoms with Crippen molar-refractivity contribution in [3.8, 4) is 0 Å². The summed E-state index contributed by atoms with van der Waals surface area (Å²) in [6.07, 6.45) is 3.45. The highest BCUT2D eigenvalue weighted by molar-refractivity contribution is 5.69. The molecule has 0 aromatic rings. The van der Waals surface area contributed by atoms with E-state index in [9.17, 15) is 9.18 Å². The summed E-state index contributed by atoms with van der Waals surface area (Å²) in [6, 6.07) is 0. The van der Waals surface area contributed by atoms with Crippen LogP contribution in [0.15, 0.2) is 0 Å². The highest BCUT2D eigenvalue weighted by Gasteiger charge is 2.42. The van der Waals surface area contributed by atoms with Gasteiger partial charge in [0, 0.05) is 6.42 Å². The summed E-state index contributed by atoms with van der Waals surface area (Å²) < 4.78 is 17.7. The molecule has 80 valence electrons. The van der Waals surface area contributed by atoms with Gasteiger partial charge in [0.1, 0.15) is 6.17 Å². The highest BCUT2D eigenvalue weighted by atomic mass is 19.1. The minimum absolute atomic E-state index is 0.119. The van der Waals surface area contributed by atoms with Crippen LogP contribution in [0.5, 0.6) is 0 Å². The lowest BCUT2D eigenvalue weighted by molar-refractivity contribution is -0.141. The van der Waals surface area contributed by atoms with Gasteiger partial charge in [-0.3, -0.25) is 4.79 Å². The maximum absolute atomic E-state index is 13.0. The van der Waals surface area contributed by atoms with Crippen LogP contribution in [0.4, 0.5) is 4.39 Å². The molecule has 2 rings (SSSR count). The smallest absolute Gasteiger partial charge is 0.305 e. The Morgan fingerprint density at radius 3 is 2.36 bits per heavy atom. The summed E-state index contributed by atoms with van der Waals surface area (Å²) in [6.45, 7) is 0. The Hall–Kier alpha value is -0.600. The van der Waals surface area contributed by atoms with Crippen molar-refractivity contribution in [2.75, 3.05) is 7.11 Å². The van der Waals surface area contributed by atoms with E-state index in [1.807, 2.05) is 0 Å². The average Bonchev–Trinajstić information content (AvgIpc) is 2.60. The first-order valence-electron chi connectivity index (χ1n) is 5.40. The molecule has 2 fully saturated rings. The van der Waals surface area contributed by atoms with Crippen molar-refractivity contribution in [3.05, 3.63) is 0 Å². The number of hydrogen-bond acceptors (Lipinski definition) is 2. The number of carbonyl (C=O) groups excluding carboxylic acids is 1. The Morgan fingerprint density at radius 2 is 1.86 bits per heavy atom. The number of esters is 1. The molecule has 2 atom stereocenters. The van der Waals surface area contributed by atoms with E-state index in [1.54, 1.807) is 0 Å². The number of hydrogen-bond donors (Lipinski definition) is 0. The van der Waals surface area contributed by atoms with Crippen LogP contribution < -0.4 is 0 Å². The fourth-order valence-corrected chi connectivity index (χ4v) is 3.15. The summed E-state index contributed by atoms with van der Waals surface area (Å²) in [7, 11) is 1.43. The molecule has 0 aromatic heterocycles. The van der Waals surface area contributed by atoms with E-state index in [2.05, 4.69) is 4.74 Å². The van der Waals surface area contributed by atoms with Crippen LogP contribution in [0.3, 0.4) is 0 Å². The van der Waals surface area contributed by atoms with Crippen molar-refractivity contribution in [2.24, 2.45) is 17.8 Å². The first kappa shape index (κ1) is 9.94. The normalized spacial score (nSPS) is 41.0. The largest absolute Gasteiger partial charge is 0.469 e. The second-order valence-corrected chi connectivity index (χ2v) is 4.71. The summed E-state index contributed by atoms with van der Waals surface area (Å²) in [5.41, 5.74) is 0. The van der Waals surface area contributed by atoms with Gasteiger partial charge >= 0.3 is 5.97 Å². The van der Waals surface area contributed by atoms with Gasteiger partial charge < -0.3 is 4.74 Å². The molecule has 2 aliphatic carbocycles. The van der Waals surface area contributed by atoms with Gasteiger partial charge in [-0.05, 0) is 43.4 Å². The second-order valence-electron chi connectivity index (χ2n) is 4.71. The predicted octanol–water partition coefficient (Wildman–Crippen LogP) is 2.32. The molecule has 2 nitrogen and oxygen atoms in total. The zero-order chi connectivity index (χ0) is 10.1. The summed E-state index contributed by atoms with van der Waals surface area (Å²) >= 11 is 0. The van der Waals surface area contributed by atoms with Gasteiger partial charge in [0.15, 0.2) is 0 Å². The third kappa shape index (κ3) is 1.91. The molecule has 2 aliphatic rings. The number of rotatable bonds is 2. The van der Waals surface area contributed by atoms with Crippen LogP contribution in [0, 0.1) is 17.8 Å². The summed E-state index contributed by atoms with van der Waals surface area (Å²) in [5.74, 6) is 1.41. The Bertz CT molecular complexity index is 215. The Morgan fingerprint density at radius 1 is 1.29 bits per heavy atom. The molecule has 0 bridgehead atoms. The molecular formula is C11H17FO2. The van der Waals surface area contributed by atoms with Crippen LogP contribution in [0.1, 0.15) is 32.1 Å². The van der Waals surface area contributed by atoms with Gasteiger partial charge in [0.25, 0.3) is 0 Å². The van der Waals surface area contributed by atoms with E-state index >= 15 is 0 Å². The lowest BCUT2D eigenvalue weighted by Gasteiger charge is -2.09. The van der Waals surface area contributed by atoms with Crippen molar-refractivity contribution in [2.45, 2.75) is 38.3 Å². The van der Waals surface area contributed by atoms with Crippen LogP contribution in [0.25, 0.3) is 0 Å². The molecule has 0 radical (unpaired) electrons. The monoisotopic (exact) mass is 200 g/mol. The van der Waals surface area contributed by atoms with Crippen molar-refractivity contribution in [1.82, 2.24) is 0 Å². The number of fused-ring (bicyclic) bond motifs is 1. The molecule has 2 unspecified atom stereocenters. The third-order valence-corrected chi connectivity index (χ3v) is 3.74. The van der Waals surface area contributed by atoms with E-state index in [-0.39, 0.29) is 5.97 Å². The van der Waals surface area contributed by atoms with E-state index in [4.69, 9.17) is 0 Å². The van der Waals surface area contributed by atoms with Gasteiger partial charge in [-0.15, -0.1) is 0 Å². The van der Waals surface area contributed by atoms with Crippen LogP contribution in [-0.4, -0.2) is 19.3 Å². The molecule has 0 spiro atoms. The van der Waals surface area contributed by atoms with Crippen LogP contribution >= 0.6 is 0 Å². The Balaban J connectivity index is 1.82. The van der Waals surface area contributed by atoms with Crippen molar-refractivity contribution >= 4 is 5.97 Å².